The van der Waals surface area contributed by atoms with Crippen molar-refractivity contribution >= 4 is 27.7 Å². The van der Waals surface area contributed by atoms with E-state index in [1.165, 1.54) is 17.7 Å². The van der Waals surface area contributed by atoms with Crippen molar-refractivity contribution in [3.05, 3.63) is 28.7 Å². The number of aliphatic hydroxyl groups excluding tert-OH is 1. The highest BCUT2D eigenvalue weighted by atomic mass is 79.9. The monoisotopic (exact) mass is 357 g/mol. The minimum absolute atomic E-state index is 0.0543. The molecule has 0 aromatic heterocycles. The number of thioether (sulfide) groups is 1. The van der Waals surface area contributed by atoms with Crippen molar-refractivity contribution in [3.63, 3.8) is 0 Å². The van der Waals surface area contributed by atoms with Gasteiger partial charge in [-0.05, 0) is 56.5 Å². The Labute approximate surface area is 134 Å². The Morgan fingerprint density at radius 2 is 2.15 bits per heavy atom. The summed E-state index contributed by atoms with van der Waals surface area (Å²) in [7, 11) is 0. The summed E-state index contributed by atoms with van der Waals surface area (Å²) in [4.78, 5) is 1.32. The third kappa shape index (κ3) is 4.48. The maximum atomic E-state index is 9.81. The van der Waals surface area contributed by atoms with E-state index in [1.54, 1.807) is 0 Å². The Bertz CT molecular complexity index is 411. The molecule has 1 saturated carbocycles. The second-order valence-electron chi connectivity index (χ2n) is 5.66. The Balaban J connectivity index is 1.96. The highest BCUT2D eigenvalue weighted by Gasteiger charge is 2.35. The number of benzene rings is 1. The van der Waals surface area contributed by atoms with E-state index >= 15 is 0 Å². The summed E-state index contributed by atoms with van der Waals surface area (Å²) in [6.07, 6.45) is 5.72. The lowest BCUT2D eigenvalue weighted by molar-refractivity contribution is 0.124. The first kappa shape index (κ1) is 16.3. The Hall–Kier alpha value is -0.0300. The van der Waals surface area contributed by atoms with Crippen molar-refractivity contribution in [1.29, 1.82) is 0 Å². The van der Waals surface area contributed by atoms with Crippen LogP contribution < -0.4 is 5.32 Å². The van der Waals surface area contributed by atoms with E-state index in [9.17, 15) is 5.11 Å². The fourth-order valence-corrected chi connectivity index (χ4v) is 4.49. The molecule has 112 valence electrons. The van der Waals surface area contributed by atoms with Crippen LogP contribution >= 0.6 is 27.7 Å². The fourth-order valence-electron chi connectivity index (χ4n) is 2.86. The molecule has 20 heavy (non-hydrogen) atoms. The number of hydrogen-bond acceptors (Lipinski definition) is 3. The van der Waals surface area contributed by atoms with E-state index in [4.69, 9.17) is 0 Å². The van der Waals surface area contributed by atoms with Gasteiger partial charge >= 0.3 is 0 Å². The highest BCUT2D eigenvalue weighted by molar-refractivity contribution is 9.10. The maximum Gasteiger partial charge on any atom is 0.0613 e. The molecule has 0 bridgehead atoms. The lowest BCUT2D eigenvalue weighted by Gasteiger charge is -2.40. The molecule has 2 nitrogen and oxygen atoms in total. The molecule has 2 N–H and O–H groups in total. The highest BCUT2D eigenvalue weighted by Crippen LogP contribution is 2.38. The molecule has 0 radical (unpaired) electrons. The molecule has 2 atom stereocenters. The average Bonchev–Trinajstić information content (AvgIpc) is 2.48. The molecule has 2 unspecified atom stereocenters. The third-order valence-corrected chi connectivity index (χ3v) is 5.78. The quantitative estimate of drug-likeness (QED) is 0.799. The van der Waals surface area contributed by atoms with Crippen LogP contribution in [0.5, 0.6) is 0 Å². The van der Waals surface area contributed by atoms with Crippen LogP contribution in [0.25, 0.3) is 0 Å². The van der Waals surface area contributed by atoms with Gasteiger partial charge in [-0.25, -0.2) is 0 Å². The predicted molar refractivity (Wildman–Crippen MR) is 90.4 cm³/mol. The van der Waals surface area contributed by atoms with Gasteiger partial charge in [-0.15, -0.1) is 11.8 Å². The van der Waals surface area contributed by atoms with Gasteiger partial charge in [0.05, 0.1) is 6.61 Å². The normalized spacial score (nSPS) is 26.6. The Morgan fingerprint density at radius 1 is 1.40 bits per heavy atom. The summed E-state index contributed by atoms with van der Waals surface area (Å²) < 4.78 is 1.12. The molecule has 1 aromatic carbocycles. The van der Waals surface area contributed by atoms with E-state index in [0.717, 1.165) is 30.3 Å². The van der Waals surface area contributed by atoms with Gasteiger partial charge in [-0.2, -0.15) is 0 Å². The second kappa shape index (κ2) is 7.83. The van der Waals surface area contributed by atoms with Gasteiger partial charge in [-0.1, -0.05) is 29.3 Å². The zero-order valence-electron chi connectivity index (χ0n) is 12.1. The molecule has 1 aliphatic rings. The van der Waals surface area contributed by atoms with E-state index in [2.05, 4.69) is 52.4 Å². The molecule has 0 amide bonds. The van der Waals surface area contributed by atoms with Crippen molar-refractivity contribution in [2.75, 3.05) is 13.2 Å². The van der Waals surface area contributed by atoms with Crippen molar-refractivity contribution in [2.24, 2.45) is 0 Å². The molecule has 0 saturated heterocycles. The summed E-state index contributed by atoms with van der Waals surface area (Å²) in [6.45, 7) is 3.43. The van der Waals surface area contributed by atoms with Crippen LogP contribution in [-0.4, -0.2) is 29.0 Å². The van der Waals surface area contributed by atoms with Gasteiger partial charge in [0, 0.05) is 20.2 Å². The molecular formula is C16H24BrNOS. The molecule has 2 rings (SSSR count). The van der Waals surface area contributed by atoms with Crippen LogP contribution in [-0.2, 0) is 0 Å². The van der Waals surface area contributed by atoms with Crippen molar-refractivity contribution < 1.29 is 5.11 Å². The van der Waals surface area contributed by atoms with Gasteiger partial charge in [0.25, 0.3) is 0 Å². The summed E-state index contributed by atoms with van der Waals surface area (Å²) in [5, 5.41) is 14.0. The summed E-state index contributed by atoms with van der Waals surface area (Å²) in [5.74, 6) is 0. The largest absolute Gasteiger partial charge is 0.394 e. The maximum absolute atomic E-state index is 9.81. The smallest absolute Gasteiger partial charge is 0.0613 e. The van der Waals surface area contributed by atoms with Crippen LogP contribution in [0.4, 0.5) is 0 Å². The molecular weight excluding hydrogens is 334 g/mol. The number of rotatable bonds is 6. The first-order valence-corrected chi connectivity index (χ1v) is 9.13. The second-order valence-corrected chi connectivity index (χ2v) is 7.94. The summed E-state index contributed by atoms with van der Waals surface area (Å²) in [6, 6.07) is 8.53. The summed E-state index contributed by atoms with van der Waals surface area (Å²) in [5.41, 5.74) is -0.0543. The van der Waals surface area contributed by atoms with Crippen LogP contribution in [0.2, 0.25) is 0 Å². The SMILES string of the molecule is CCCNC1(CO)CCCC(Sc2ccc(Br)cc2)C1. The first-order chi connectivity index (χ1) is 9.67. The first-order valence-electron chi connectivity index (χ1n) is 7.45. The van der Waals surface area contributed by atoms with Crippen LogP contribution in [0.15, 0.2) is 33.6 Å². The standard InChI is InChI=1S/C16H24BrNOS/c1-2-10-18-16(12-19)9-3-4-15(11-16)20-14-7-5-13(17)6-8-14/h5-8,15,18-19H,2-4,9-12H2,1H3. The van der Waals surface area contributed by atoms with E-state index < -0.39 is 0 Å². The van der Waals surface area contributed by atoms with Crippen LogP contribution in [0.3, 0.4) is 0 Å². The fraction of sp³-hybridized carbons (Fsp3) is 0.625. The van der Waals surface area contributed by atoms with Crippen molar-refractivity contribution in [3.8, 4) is 0 Å². The number of nitrogens with one attached hydrogen (secondary N) is 1. The molecule has 1 aromatic rings. The van der Waals surface area contributed by atoms with Gasteiger partial charge in [0.15, 0.2) is 0 Å². The lowest BCUT2D eigenvalue weighted by Crippen LogP contribution is -2.52. The molecule has 4 heteroatoms. The van der Waals surface area contributed by atoms with E-state index in [1.807, 2.05) is 11.8 Å². The lowest BCUT2D eigenvalue weighted by atomic mass is 9.82. The molecule has 0 spiro atoms. The molecule has 1 aliphatic carbocycles. The molecule has 1 fully saturated rings. The zero-order chi connectivity index (χ0) is 14.4. The van der Waals surface area contributed by atoms with E-state index in [0.29, 0.717) is 5.25 Å². The zero-order valence-corrected chi connectivity index (χ0v) is 14.5. The topological polar surface area (TPSA) is 32.3 Å². The minimum atomic E-state index is -0.0543. The van der Waals surface area contributed by atoms with E-state index in [-0.39, 0.29) is 12.1 Å². The molecule has 0 aliphatic heterocycles. The van der Waals surface area contributed by atoms with Crippen molar-refractivity contribution in [1.82, 2.24) is 5.32 Å². The predicted octanol–water partition coefficient (Wildman–Crippen LogP) is 4.21. The number of halogens is 1. The third-order valence-electron chi connectivity index (χ3n) is 3.97. The number of hydrogen-bond donors (Lipinski definition) is 2. The number of aliphatic hydroxyl groups is 1. The molecule has 0 heterocycles. The Morgan fingerprint density at radius 3 is 2.80 bits per heavy atom. The van der Waals surface area contributed by atoms with Gasteiger partial charge in [0.1, 0.15) is 0 Å². The minimum Gasteiger partial charge on any atom is -0.394 e. The summed E-state index contributed by atoms with van der Waals surface area (Å²) >= 11 is 5.43. The van der Waals surface area contributed by atoms with Gasteiger partial charge < -0.3 is 10.4 Å². The van der Waals surface area contributed by atoms with Gasteiger partial charge in [0.2, 0.25) is 0 Å². The van der Waals surface area contributed by atoms with Gasteiger partial charge in [-0.3, -0.25) is 0 Å². The Kier molecular flexibility index (Phi) is 6.40. The van der Waals surface area contributed by atoms with Crippen molar-refractivity contribution in [2.45, 2.75) is 54.7 Å². The van der Waals surface area contributed by atoms with Crippen LogP contribution in [0, 0.1) is 0 Å². The average molecular weight is 358 g/mol. The van der Waals surface area contributed by atoms with Crippen LogP contribution in [0.1, 0.15) is 39.0 Å².